The zero-order valence-electron chi connectivity index (χ0n) is 11.6. The first-order valence-electron chi connectivity index (χ1n) is 7.34. The van der Waals surface area contributed by atoms with Crippen molar-refractivity contribution in [3.8, 4) is 0 Å². The van der Waals surface area contributed by atoms with E-state index in [2.05, 4.69) is 16.7 Å². The van der Waals surface area contributed by atoms with Gasteiger partial charge in [0.25, 0.3) is 5.91 Å². The van der Waals surface area contributed by atoms with E-state index in [1.165, 1.54) is 24.9 Å². The lowest BCUT2D eigenvalue weighted by Gasteiger charge is -2.25. The molecule has 3 heteroatoms. The zero-order valence-corrected chi connectivity index (χ0v) is 11.6. The molecule has 3 nitrogen and oxygen atoms in total. The summed E-state index contributed by atoms with van der Waals surface area (Å²) in [5.74, 6) is 0.203. The van der Waals surface area contributed by atoms with Crippen molar-refractivity contribution in [2.45, 2.75) is 32.2 Å². The summed E-state index contributed by atoms with van der Waals surface area (Å²) in [6.45, 7) is 6.24. The second-order valence-corrected chi connectivity index (χ2v) is 5.80. The summed E-state index contributed by atoms with van der Waals surface area (Å²) < 4.78 is 0. The zero-order chi connectivity index (χ0) is 13.2. The lowest BCUT2D eigenvalue weighted by Crippen LogP contribution is -2.39. The number of amides is 1. The van der Waals surface area contributed by atoms with Crippen LogP contribution < -0.4 is 0 Å². The first-order valence-corrected chi connectivity index (χ1v) is 7.34. The Balaban J connectivity index is 1.73. The number of nitrogens with zero attached hydrogens (tertiary/aromatic N) is 2. The van der Waals surface area contributed by atoms with Crippen molar-refractivity contribution >= 4 is 5.91 Å². The highest BCUT2D eigenvalue weighted by atomic mass is 16.2. The van der Waals surface area contributed by atoms with Gasteiger partial charge < -0.3 is 4.90 Å². The number of benzene rings is 1. The van der Waals surface area contributed by atoms with E-state index in [-0.39, 0.29) is 5.91 Å². The standard InChI is InChI=1S/C16H22N2O/c1-13-5-7-14(8-6-13)16(19)18-11-3-10-17-9-2-4-15(17)12-18/h5-8,15H,2-4,9-12H2,1H3. The van der Waals surface area contributed by atoms with E-state index >= 15 is 0 Å². The molecular weight excluding hydrogens is 236 g/mol. The Morgan fingerprint density at radius 3 is 2.63 bits per heavy atom. The van der Waals surface area contributed by atoms with Gasteiger partial charge in [0.15, 0.2) is 0 Å². The SMILES string of the molecule is Cc1ccc(C(=O)N2CCCN3CCCC3C2)cc1. The first kappa shape index (κ1) is 12.7. The van der Waals surface area contributed by atoms with Gasteiger partial charge in [-0.3, -0.25) is 9.69 Å². The molecule has 1 aromatic rings. The number of aryl methyl sites for hydroxylation is 1. The lowest BCUT2D eigenvalue weighted by atomic mass is 10.1. The molecule has 2 saturated heterocycles. The minimum absolute atomic E-state index is 0.203. The van der Waals surface area contributed by atoms with Crippen LogP contribution in [0.3, 0.4) is 0 Å². The Bertz CT molecular complexity index is 454. The summed E-state index contributed by atoms with van der Waals surface area (Å²) in [6, 6.07) is 8.54. The molecule has 2 fully saturated rings. The average molecular weight is 258 g/mol. The fourth-order valence-electron chi connectivity index (χ4n) is 3.27. The van der Waals surface area contributed by atoms with E-state index < -0.39 is 0 Å². The Labute approximate surface area is 115 Å². The van der Waals surface area contributed by atoms with Crippen molar-refractivity contribution in [3.63, 3.8) is 0 Å². The van der Waals surface area contributed by atoms with E-state index in [0.29, 0.717) is 6.04 Å². The molecule has 1 atom stereocenters. The molecule has 3 rings (SSSR count). The third kappa shape index (κ3) is 2.66. The van der Waals surface area contributed by atoms with Crippen LogP contribution in [0.4, 0.5) is 0 Å². The molecular formula is C16H22N2O. The second kappa shape index (κ2) is 5.33. The van der Waals surface area contributed by atoms with Crippen molar-refractivity contribution in [3.05, 3.63) is 35.4 Å². The monoisotopic (exact) mass is 258 g/mol. The fourth-order valence-corrected chi connectivity index (χ4v) is 3.27. The van der Waals surface area contributed by atoms with Gasteiger partial charge in [0.05, 0.1) is 0 Å². The number of hydrogen-bond acceptors (Lipinski definition) is 2. The first-order chi connectivity index (χ1) is 9.24. The Morgan fingerprint density at radius 1 is 1.11 bits per heavy atom. The van der Waals surface area contributed by atoms with Crippen LogP contribution >= 0.6 is 0 Å². The number of carbonyl (C=O) groups excluding carboxylic acids is 1. The fraction of sp³-hybridized carbons (Fsp3) is 0.562. The lowest BCUT2D eigenvalue weighted by molar-refractivity contribution is 0.0743. The van der Waals surface area contributed by atoms with Crippen LogP contribution in [-0.4, -0.2) is 47.9 Å². The average Bonchev–Trinajstić information content (AvgIpc) is 2.76. The van der Waals surface area contributed by atoms with Crippen LogP contribution in [0, 0.1) is 6.92 Å². The Hall–Kier alpha value is -1.35. The molecule has 0 spiro atoms. The third-order valence-corrected chi connectivity index (χ3v) is 4.39. The molecule has 2 aliphatic heterocycles. The molecule has 19 heavy (non-hydrogen) atoms. The van der Waals surface area contributed by atoms with Gasteiger partial charge in [-0.25, -0.2) is 0 Å². The van der Waals surface area contributed by atoms with Gasteiger partial charge in [-0.1, -0.05) is 17.7 Å². The second-order valence-electron chi connectivity index (χ2n) is 5.80. The summed E-state index contributed by atoms with van der Waals surface area (Å²) in [4.78, 5) is 17.2. The summed E-state index contributed by atoms with van der Waals surface area (Å²) in [6.07, 6.45) is 3.64. The van der Waals surface area contributed by atoms with E-state index in [4.69, 9.17) is 0 Å². The van der Waals surface area contributed by atoms with Crippen LogP contribution in [0.25, 0.3) is 0 Å². The number of hydrogen-bond donors (Lipinski definition) is 0. The van der Waals surface area contributed by atoms with E-state index in [1.54, 1.807) is 0 Å². The van der Waals surface area contributed by atoms with Crippen LogP contribution in [-0.2, 0) is 0 Å². The van der Waals surface area contributed by atoms with Crippen LogP contribution in [0.5, 0.6) is 0 Å². The van der Waals surface area contributed by atoms with Gasteiger partial charge >= 0.3 is 0 Å². The molecule has 0 saturated carbocycles. The highest BCUT2D eigenvalue weighted by Gasteiger charge is 2.30. The van der Waals surface area contributed by atoms with Crippen LogP contribution in [0.15, 0.2) is 24.3 Å². The van der Waals surface area contributed by atoms with Crippen molar-refractivity contribution in [2.24, 2.45) is 0 Å². The summed E-state index contributed by atoms with van der Waals surface area (Å²) in [7, 11) is 0. The van der Waals surface area contributed by atoms with Gasteiger partial charge in [0.1, 0.15) is 0 Å². The van der Waals surface area contributed by atoms with Gasteiger partial charge in [-0.05, 0) is 44.9 Å². The smallest absolute Gasteiger partial charge is 0.253 e. The third-order valence-electron chi connectivity index (χ3n) is 4.39. The molecule has 1 unspecified atom stereocenters. The minimum Gasteiger partial charge on any atom is -0.337 e. The Kier molecular flexibility index (Phi) is 3.56. The highest BCUT2D eigenvalue weighted by Crippen LogP contribution is 2.22. The summed E-state index contributed by atoms with van der Waals surface area (Å²) >= 11 is 0. The van der Waals surface area contributed by atoms with E-state index in [1.807, 2.05) is 24.3 Å². The largest absolute Gasteiger partial charge is 0.337 e. The maximum Gasteiger partial charge on any atom is 0.253 e. The van der Waals surface area contributed by atoms with Gasteiger partial charge in [0.2, 0.25) is 0 Å². The molecule has 102 valence electrons. The van der Waals surface area contributed by atoms with Crippen molar-refractivity contribution < 1.29 is 4.79 Å². The topological polar surface area (TPSA) is 23.6 Å². The molecule has 0 bridgehead atoms. The minimum atomic E-state index is 0.203. The van der Waals surface area contributed by atoms with Crippen LogP contribution in [0.2, 0.25) is 0 Å². The van der Waals surface area contributed by atoms with Crippen LogP contribution in [0.1, 0.15) is 35.2 Å². The van der Waals surface area contributed by atoms with Crippen molar-refractivity contribution in [1.82, 2.24) is 9.80 Å². The van der Waals surface area contributed by atoms with E-state index in [9.17, 15) is 4.79 Å². The normalized spacial score (nSPS) is 24.1. The predicted octanol–water partition coefficient (Wildman–Crippen LogP) is 2.31. The molecule has 1 aromatic carbocycles. The van der Waals surface area contributed by atoms with Gasteiger partial charge in [0, 0.05) is 31.2 Å². The number of carbonyl (C=O) groups is 1. The molecule has 0 aliphatic carbocycles. The van der Waals surface area contributed by atoms with Gasteiger partial charge in [-0.15, -0.1) is 0 Å². The quantitative estimate of drug-likeness (QED) is 0.771. The number of rotatable bonds is 1. The van der Waals surface area contributed by atoms with E-state index in [0.717, 1.165) is 31.6 Å². The Morgan fingerprint density at radius 2 is 1.84 bits per heavy atom. The van der Waals surface area contributed by atoms with Gasteiger partial charge in [-0.2, -0.15) is 0 Å². The maximum atomic E-state index is 12.6. The highest BCUT2D eigenvalue weighted by molar-refractivity contribution is 5.94. The molecule has 0 radical (unpaired) electrons. The number of fused-ring (bicyclic) bond motifs is 1. The molecule has 0 N–H and O–H groups in total. The molecule has 0 aromatic heterocycles. The molecule has 1 amide bonds. The maximum absolute atomic E-state index is 12.6. The van der Waals surface area contributed by atoms with Crippen molar-refractivity contribution in [1.29, 1.82) is 0 Å². The predicted molar refractivity (Wildman–Crippen MR) is 76.3 cm³/mol. The molecule has 2 aliphatic rings. The summed E-state index contributed by atoms with van der Waals surface area (Å²) in [5.41, 5.74) is 2.03. The summed E-state index contributed by atoms with van der Waals surface area (Å²) in [5, 5.41) is 0. The molecule has 2 heterocycles. The van der Waals surface area contributed by atoms with Crippen molar-refractivity contribution in [2.75, 3.05) is 26.2 Å².